The Balaban J connectivity index is 2.47. The van der Waals surface area contributed by atoms with Gasteiger partial charge in [-0.05, 0) is 49.2 Å². The predicted octanol–water partition coefficient (Wildman–Crippen LogP) is 4.53. The van der Waals surface area contributed by atoms with E-state index >= 15 is 0 Å². The zero-order valence-electron chi connectivity index (χ0n) is 10.2. The molecule has 0 atom stereocenters. The van der Waals surface area contributed by atoms with Gasteiger partial charge in [0.2, 0.25) is 0 Å². The minimum absolute atomic E-state index is 0.325. The Bertz CT molecular complexity index is 553. The molecule has 3 N–H and O–H groups in total. The number of anilines is 3. The highest BCUT2D eigenvalue weighted by molar-refractivity contribution is 9.10. The molecule has 0 bridgehead atoms. The third-order valence-electron chi connectivity index (χ3n) is 2.79. The van der Waals surface area contributed by atoms with Gasteiger partial charge in [0.05, 0.1) is 11.4 Å². The van der Waals surface area contributed by atoms with Crippen molar-refractivity contribution < 1.29 is 4.39 Å². The van der Waals surface area contributed by atoms with Crippen LogP contribution in [0.25, 0.3) is 0 Å². The molecule has 0 aliphatic heterocycles. The quantitative estimate of drug-likeness (QED) is 0.800. The minimum Gasteiger partial charge on any atom is -0.397 e. The summed E-state index contributed by atoms with van der Waals surface area (Å²) in [4.78, 5) is 0. The molecule has 0 heterocycles. The highest BCUT2D eigenvalue weighted by Gasteiger charge is 2.10. The summed E-state index contributed by atoms with van der Waals surface area (Å²) in [7, 11) is 0. The van der Waals surface area contributed by atoms with E-state index in [1.165, 1.54) is 6.07 Å². The van der Waals surface area contributed by atoms with Crippen LogP contribution in [-0.4, -0.2) is 0 Å². The summed E-state index contributed by atoms with van der Waals surface area (Å²) in [5.74, 6) is -0.350. The van der Waals surface area contributed by atoms with Crippen molar-refractivity contribution in [2.45, 2.75) is 13.8 Å². The van der Waals surface area contributed by atoms with Gasteiger partial charge in [-0.2, -0.15) is 0 Å². The van der Waals surface area contributed by atoms with E-state index in [2.05, 4.69) is 21.2 Å². The van der Waals surface area contributed by atoms with E-state index in [-0.39, 0.29) is 5.82 Å². The molecule has 0 aliphatic rings. The van der Waals surface area contributed by atoms with Crippen LogP contribution in [0.2, 0.25) is 0 Å². The third-order valence-corrected chi connectivity index (χ3v) is 3.25. The number of hydrogen-bond donors (Lipinski definition) is 2. The van der Waals surface area contributed by atoms with Gasteiger partial charge in [0.1, 0.15) is 5.82 Å². The minimum atomic E-state index is -0.350. The van der Waals surface area contributed by atoms with Crippen molar-refractivity contribution in [3.8, 4) is 0 Å². The summed E-state index contributed by atoms with van der Waals surface area (Å²) < 4.78 is 14.7. The van der Waals surface area contributed by atoms with E-state index in [1.807, 2.05) is 26.0 Å². The van der Waals surface area contributed by atoms with Crippen LogP contribution in [0.15, 0.2) is 34.8 Å². The Morgan fingerprint density at radius 3 is 2.28 bits per heavy atom. The van der Waals surface area contributed by atoms with Crippen LogP contribution in [-0.2, 0) is 0 Å². The molecule has 0 radical (unpaired) electrons. The first-order chi connectivity index (χ1) is 8.49. The van der Waals surface area contributed by atoms with Crippen molar-refractivity contribution in [1.82, 2.24) is 0 Å². The molecule has 4 heteroatoms. The molecule has 0 unspecified atom stereocenters. The van der Waals surface area contributed by atoms with Gasteiger partial charge in [-0.15, -0.1) is 0 Å². The van der Waals surface area contributed by atoms with Crippen LogP contribution in [0, 0.1) is 19.7 Å². The topological polar surface area (TPSA) is 38.0 Å². The van der Waals surface area contributed by atoms with E-state index in [0.717, 1.165) is 21.3 Å². The first-order valence-corrected chi connectivity index (χ1v) is 6.36. The van der Waals surface area contributed by atoms with Crippen molar-refractivity contribution >= 4 is 33.0 Å². The van der Waals surface area contributed by atoms with Gasteiger partial charge in [-0.25, -0.2) is 4.39 Å². The molecule has 0 amide bonds. The average molecular weight is 309 g/mol. The maximum Gasteiger partial charge on any atom is 0.148 e. The highest BCUT2D eigenvalue weighted by atomic mass is 79.9. The first-order valence-electron chi connectivity index (χ1n) is 5.57. The lowest BCUT2D eigenvalue weighted by Gasteiger charge is -2.15. The molecule has 0 spiro atoms. The fourth-order valence-corrected chi connectivity index (χ4v) is 2.59. The number of rotatable bonds is 2. The van der Waals surface area contributed by atoms with E-state index in [4.69, 9.17) is 5.73 Å². The second kappa shape index (κ2) is 4.98. The summed E-state index contributed by atoms with van der Waals surface area (Å²) in [5, 5.41) is 3.08. The monoisotopic (exact) mass is 308 g/mol. The summed E-state index contributed by atoms with van der Waals surface area (Å²) in [6.07, 6.45) is 0. The van der Waals surface area contributed by atoms with Crippen LogP contribution in [0.3, 0.4) is 0 Å². The Hall–Kier alpha value is -1.55. The standard InChI is InChI=1S/C14H14BrFN2/c1-8-6-10(15)7-9(2)13(8)18-14-11(16)4-3-5-12(14)17/h3-7,18H,17H2,1-2H3. The fourth-order valence-electron chi connectivity index (χ4n) is 1.91. The highest BCUT2D eigenvalue weighted by Crippen LogP contribution is 2.31. The first kappa shape index (κ1) is 12.9. The molecular weight excluding hydrogens is 295 g/mol. The second-order valence-corrected chi connectivity index (χ2v) is 5.16. The molecule has 0 saturated heterocycles. The van der Waals surface area contributed by atoms with E-state index in [9.17, 15) is 4.39 Å². The number of nitrogens with two attached hydrogens (primary N) is 1. The van der Waals surface area contributed by atoms with Crippen LogP contribution in [0.1, 0.15) is 11.1 Å². The summed E-state index contributed by atoms with van der Waals surface area (Å²) in [5.41, 5.74) is 9.46. The average Bonchev–Trinajstić information content (AvgIpc) is 2.26. The van der Waals surface area contributed by atoms with Crippen molar-refractivity contribution in [2.75, 3.05) is 11.1 Å². The van der Waals surface area contributed by atoms with Gasteiger partial charge in [-0.3, -0.25) is 0 Å². The number of hydrogen-bond acceptors (Lipinski definition) is 2. The van der Waals surface area contributed by atoms with Gasteiger partial charge in [0.15, 0.2) is 0 Å². The van der Waals surface area contributed by atoms with E-state index in [0.29, 0.717) is 11.4 Å². The number of nitrogens with one attached hydrogen (secondary N) is 1. The molecular formula is C14H14BrFN2. The van der Waals surface area contributed by atoms with Gasteiger partial charge >= 0.3 is 0 Å². The smallest absolute Gasteiger partial charge is 0.148 e. The van der Waals surface area contributed by atoms with Gasteiger partial charge in [-0.1, -0.05) is 22.0 Å². The van der Waals surface area contributed by atoms with Gasteiger partial charge < -0.3 is 11.1 Å². The molecule has 0 fully saturated rings. The van der Waals surface area contributed by atoms with Crippen LogP contribution in [0.5, 0.6) is 0 Å². The van der Waals surface area contributed by atoms with E-state index < -0.39 is 0 Å². The van der Waals surface area contributed by atoms with Crippen molar-refractivity contribution in [2.24, 2.45) is 0 Å². The Morgan fingerprint density at radius 1 is 1.11 bits per heavy atom. The van der Waals surface area contributed by atoms with Crippen LogP contribution in [0.4, 0.5) is 21.5 Å². The lowest BCUT2D eigenvalue weighted by atomic mass is 10.1. The molecule has 18 heavy (non-hydrogen) atoms. The van der Waals surface area contributed by atoms with Crippen LogP contribution < -0.4 is 11.1 Å². The molecule has 94 valence electrons. The Labute approximate surface area is 114 Å². The van der Waals surface area contributed by atoms with Crippen molar-refractivity contribution in [1.29, 1.82) is 0 Å². The van der Waals surface area contributed by atoms with Gasteiger partial charge in [0.25, 0.3) is 0 Å². The SMILES string of the molecule is Cc1cc(Br)cc(C)c1Nc1c(N)cccc1F. The lowest BCUT2D eigenvalue weighted by Crippen LogP contribution is -2.02. The number of halogens is 2. The molecule has 2 nitrogen and oxygen atoms in total. The summed E-state index contributed by atoms with van der Waals surface area (Å²) in [6.45, 7) is 3.94. The molecule has 2 aromatic rings. The third kappa shape index (κ3) is 2.48. The predicted molar refractivity (Wildman–Crippen MR) is 77.7 cm³/mol. The Kier molecular flexibility index (Phi) is 3.57. The molecule has 0 aromatic heterocycles. The molecule has 2 aromatic carbocycles. The molecule has 0 saturated carbocycles. The maximum atomic E-state index is 13.7. The number of nitrogen functional groups attached to an aromatic ring is 1. The fraction of sp³-hybridized carbons (Fsp3) is 0.143. The largest absolute Gasteiger partial charge is 0.397 e. The van der Waals surface area contributed by atoms with Crippen molar-refractivity contribution in [3.05, 3.63) is 51.7 Å². The Morgan fingerprint density at radius 2 is 1.72 bits per heavy atom. The molecule has 2 rings (SSSR count). The maximum absolute atomic E-state index is 13.7. The normalized spacial score (nSPS) is 10.4. The zero-order valence-corrected chi connectivity index (χ0v) is 11.8. The summed E-state index contributed by atoms with van der Waals surface area (Å²) in [6, 6.07) is 8.62. The summed E-state index contributed by atoms with van der Waals surface area (Å²) >= 11 is 3.43. The van der Waals surface area contributed by atoms with E-state index in [1.54, 1.807) is 12.1 Å². The molecule has 0 aliphatic carbocycles. The van der Waals surface area contributed by atoms with Crippen LogP contribution >= 0.6 is 15.9 Å². The number of para-hydroxylation sites is 1. The van der Waals surface area contributed by atoms with Gasteiger partial charge in [0, 0.05) is 10.2 Å². The second-order valence-electron chi connectivity index (χ2n) is 4.24. The number of benzene rings is 2. The number of aryl methyl sites for hydroxylation is 2. The lowest BCUT2D eigenvalue weighted by molar-refractivity contribution is 0.632. The zero-order chi connectivity index (χ0) is 13.3. The van der Waals surface area contributed by atoms with Crippen molar-refractivity contribution in [3.63, 3.8) is 0 Å².